The molecule has 2 aromatic rings. The van der Waals surface area contributed by atoms with Gasteiger partial charge in [0, 0.05) is 25.0 Å². The van der Waals surface area contributed by atoms with E-state index in [1.165, 1.54) is 0 Å². The highest BCUT2D eigenvalue weighted by atomic mass is 16.5. The van der Waals surface area contributed by atoms with Gasteiger partial charge in [0.1, 0.15) is 6.61 Å². The maximum absolute atomic E-state index is 12.0. The van der Waals surface area contributed by atoms with Gasteiger partial charge in [-0.3, -0.25) is 4.90 Å². The molecule has 0 aliphatic carbocycles. The van der Waals surface area contributed by atoms with Gasteiger partial charge in [-0.1, -0.05) is 24.3 Å². The number of esters is 1. The lowest BCUT2D eigenvalue weighted by Crippen LogP contribution is -2.32. The number of nitrogens with zero attached hydrogens (tertiary/aromatic N) is 1. The molecule has 2 aliphatic rings. The van der Waals surface area contributed by atoms with Crippen LogP contribution in [0.3, 0.4) is 0 Å². The van der Waals surface area contributed by atoms with E-state index in [1.54, 1.807) is 0 Å². The molecule has 1 atom stereocenters. The Labute approximate surface area is 134 Å². The molecule has 0 spiro atoms. The highest BCUT2D eigenvalue weighted by molar-refractivity contribution is 6.08. The first-order valence-electron chi connectivity index (χ1n) is 7.91. The Hall–Kier alpha value is -1.95. The third-order valence-corrected chi connectivity index (χ3v) is 4.52. The predicted octanol–water partition coefficient (Wildman–Crippen LogP) is 1.70. The van der Waals surface area contributed by atoms with Gasteiger partial charge in [-0.05, 0) is 22.6 Å². The fraction of sp³-hybridized carbons (Fsp3) is 0.389. The zero-order valence-electron chi connectivity index (χ0n) is 12.8. The van der Waals surface area contributed by atoms with Crippen LogP contribution < -0.4 is 0 Å². The van der Waals surface area contributed by atoms with Gasteiger partial charge in [0.2, 0.25) is 0 Å². The Morgan fingerprint density at radius 2 is 2.17 bits per heavy atom. The van der Waals surface area contributed by atoms with Crippen LogP contribution in [-0.2, 0) is 22.6 Å². The van der Waals surface area contributed by atoms with E-state index < -0.39 is 6.10 Å². The fourth-order valence-corrected chi connectivity index (χ4v) is 3.43. The third kappa shape index (κ3) is 2.72. The second-order valence-electron chi connectivity index (χ2n) is 6.15. The lowest BCUT2D eigenvalue weighted by molar-refractivity contribution is 0.0463. The molecule has 120 valence electrons. The van der Waals surface area contributed by atoms with Gasteiger partial charge in [-0.25, -0.2) is 4.79 Å². The van der Waals surface area contributed by atoms with E-state index in [1.807, 2.05) is 18.2 Å². The normalized spacial score (nSPS) is 22.0. The minimum atomic E-state index is -0.451. The quantitative estimate of drug-likeness (QED) is 0.855. The predicted molar refractivity (Wildman–Crippen MR) is 85.2 cm³/mol. The standard InChI is InChI=1S/C18H19NO4/c20-14-9-19(6-7-22-11-14)8-12-4-5-13-10-23-18(21)16-3-1-2-15(12)17(13)16/h1-5,14,20H,6-11H2/t14-/m1/s1. The van der Waals surface area contributed by atoms with Crippen LogP contribution >= 0.6 is 0 Å². The highest BCUT2D eigenvalue weighted by Gasteiger charge is 2.23. The van der Waals surface area contributed by atoms with Crippen molar-refractivity contribution >= 4 is 16.7 Å². The number of aliphatic hydroxyl groups excluding tert-OH is 1. The van der Waals surface area contributed by atoms with Crippen molar-refractivity contribution in [1.29, 1.82) is 0 Å². The first-order valence-corrected chi connectivity index (χ1v) is 7.91. The Morgan fingerprint density at radius 1 is 1.26 bits per heavy atom. The zero-order valence-corrected chi connectivity index (χ0v) is 12.8. The molecule has 4 rings (SSSR count). The van der Waals surface area contributed by atoms with Gasteiger partial charge in [0.05, 0.1) is 24.9 Å². The van der Waals surface area contributed by atoms with E-state index >= 15 is 0 Å². The Balaban J connectivity index is 1.73. The summed E-state index contributed by atoms with van der Waals surface area (Å²) in [5.74, 6) is -0.251. The topological polar surface area (TPSA) is 59.0 Å². The number of carbonyl (C=O) groups is 1. The van der Waals surface area contributed by atoms with Crippen LogP contribution in [0.2, 0.25) is 0 Å². The van der Waals surface area contributed by atoms with Gasteiger partial charge in [-0.2, -0.15) is 0 Å². The summed E-state index contributed by atoms with van der Waals surface area (Å²) in [6, 6.07) is 9.91. The summed E-state index contributed by atoms with van der Waals surface area (Å²) in [5.41, 5.74) is 2.86. The molecule has 5 nitrogen and oxygen atoms in total. The largest absolute Gasteiger partial charge is 0.457 e. The number of cyclic esters (lactones) is 1. The lowest BCUT2D eigenvalue weighted by atomic mass is 9.94. The maximum atomic E-state index is 12.0. The first-order chi connectivity index (χ1) is 11.2. The molecule has 2 aromatic carbocycles. The van der Waals surface area contributed by atoms with Crippen molar-refractivity contribution in [2.45, 2.75) is 19.3 Å². The van der Waals surface area contributed by atoms with E-state index in [0.29, 0.717) is 31.9 Å². The second-order valence-corrected chi connectivity index (χ2v) is 6.15. The van der Waals surface area contributed by atoms with Crippen molar-refractivity contribution in [3.8, 4) is 0 Å². The van der Waals surface area contributed by atoms with Crippen LogP contribution in [0.5, 0.6) is 0 Å². The van der Waals surface area contributed by atoms with Crippen molar-refractivity contribution in [3.05, 3.63) is 47.0 Å². The number of carbonyl (C=O) groups excluding carboxylic acids is 1. The van der Waals surface area contributed by atoms with Gasteiger partial charge in [-0.15, -0.1) is 0 Å². The minimum absolute atomic E-state index is 0.251. The summed E-state index contributed by atoms with van der Waals surface area (Å²) < 4.78 is 10.6. The Kier molecular flexibility index (Phi) is 3.77. The highest BCUT2D eigenvalue weighted by Crippen LogP contribution is 2.31. The molecule has 0 unspecified atom stereocenters. The molecule has 0 bridgehead atoms. The number of hydrogen-bond donors (Lipinski definition) is 1. The molecule has 1 N–H and O–H groups in total. The first kappa shape index (κ1) is 14.6. The van der Waals surface area contributed by atoms with E-state index in [4.69, 9.17) is 9.47 Å². The molecular weight excluding hydrogens is 294 g/mol. The van der Waals surface area contributed by atoms with Crippen molar-refractivity contribution in [2.24, 2.45) is 0 Å². The average molecular weight is 313 g/mol. The second kappa shape index (κ2) is 5.92. The number of benzene rings is 2. The summed E-state index contributed by atoms with van der Waals surface area (Å²) in [6.45, 7) is 3.49. The minimum Gasteiger partial charge on any atom is -0.457 e. The van der Waals surface area contributed by atoms with Crippen molar-refractivity contribution < 1.29 is 19.4 Å². The summed E-state index contributed by atoms with van der Waals surface area (Å²) in [7, 11) is 0. The molecule has 0 radical (unpaired) electrons. The zero-order chi connectivity index (χ0) is 15.8. The molecular formula is C18H19NO4. The number of β-amino-alcohol motifs (C(OH)–C–C–N with tert-alkyl or cyclic N) is 1. The summed E-state index contributed by atoms with van der Waals surface area (Å²) in [6.07, 6.45) is -0.451. The lowest BCUT2D eigenvalue weighted by Gasteiger charge is -2.24. The van der Waals surface area contributed by atoms with Crippen LogP contribution in [0.25, 0.3) is 10.8 Å². The maximum Gasteiger partial charge on any atom is 0.339 e. The van der Waals surface area contributed by atoms with Gasteiger partial charge < -0.3 is 14.6 Å². The summed E-state index contributed by atoms with van der Waals surface area (Å²) >= 11 is 0. The van der Waals surface area contributed by atoms with Crippen LogP contribution in [0.1, 0.15) is 21.5 Å². The number of aliphatic hydroxyl groups is 1. The molecule has 1 fully saturated rings. The summed E-state index contributed by atoms with van der Waals surface area (Å²) in [5, 5.41) is 12.0. The monoisotopic (exact) mass is 313 g/mol. The van der Waals surface area contributed by atoms with Crippen LogP contribution in [0.4, 0.5) is 0 Å². The van der Waals surface area contributed by atoms with Crippen LogP contribution in [0, 0.1) is 0 Å². The number of ether oxygens (including phenoxy) is 2. The van der Waals surface area contributed by atoms with Gasteiger partial charge in [0.15, 0.2) is 0 Å². The van der Waals surface area contributed by atoms with Crippen molar-refractivity contribution in [2.75, 3.05) is 26.3 Å². The van der Waals surface area contributed by atoms with E-state index in [-0.39, 0.29) is 5.97 Å². The van der Waals surface area contributed by atoms with E-state index in [9.17, 15) is 9.90 Å². The smallest absolute Gasteiger partial charge is 0.339 e. The van der Waals surface area contributed by atoms with Crippen LogP contribution in [-0.4, -0.2) is 48.4 Å². The van der Waals surface area contributed by atoms with Gasteiger partial charge >= 0.3 is 5.97 Å². The molecule has 0 saturated carbocycles. The molecule has 0 amide bonds. The van der Waals surface area contributed by atoms with Crippen molar-refractivity contribution in [3.63, 3.8) is 0 Å². The Morgan fingerprint density at radius 3 is 3.09 bits per heavy atom. The van der Waals surface area contributed by atoms with Crippen molar-refractivity contribution in [1.82, 2.24) is 4.90 Å². The molecule has 1 saturated heterocycles. The molecule has 23 heavy (non-hydrogen) atoms. The molecule has 2 aliphatic heterocycles. The molecule has 5 heteroatoms. The average Bonchev–Trinajstić information content (AvgIpc) is 2.77. The number of rotatable bonds is 2. The summed E-state index contributed by atoms with van der Waals surface area (Å²) in [4.78, 5) is 14.2. The number of hydrogen-bond acceptors (Lipinski definition) is 5. The third-order valence-electron chi connectivity index (χ3n) is 4.52. The fourth-order valence-electron chi connectivity index (χ4n) is 3.43. The molecule has 2 heterocycles. The van der Waals surface area contributed by atoms with Crippen LogP contribution in [0.15, 0.2) is 30.3 Å². The SMILES string of the molecule is O=C1OCc2ccc(CN3CCOC[C@H](O)C3)c3cccc1c23. The Bertz CT molecular complexity index is 758. The van der Waals surface area contributed by atoms with E-state index in [0.717, 1.165) is 35.0 Å². The van der Waals surface area contributed by atoms with Gasteiger partial charge in [0.25, 0.3) is 0 Å². The van der Waals surface area contributed by atoms with E-state index in [2.05, 4.69) is 17.0 Å². The molecule has 0 aromatic heterocycles.